The number of hydrogen-bond acceptors (Lipinski definition) is 5. The molecule has 1 fully saturated rings. The molecule has 168 valence electrons. The number of rotatable bonds is 5. The number of nitrogens with two attached hydrogens (primary N) is 1. The van der Waals surface area contributed by atoms with E-state index in [9.17, 15) is 4.79 Å². The van der Waals surface area contributed by atoms with Gasteiger partial charge in [0.2, 0.25) is 0 Å². The summed E-state index contributed by atoms with van der Waals surface area (Å²) < 4.78 is 0. The van der Waals surface area contributed by atoms with E-state index in [1.54, 1.807) is 6.20 Å². The number of piperazine rings is 1. The van der Waals surface area contributed by atoms with Crippen LogP contribution in [0.15, 0.2) is 66.9 Å². The monoisotopic (exact) mass is 458 g/mol. The van der Waals surface area contributed by atoms with E-state index in [4.69, 9.17) is 17.3 Å². The topological polar surface area (TPSA) is 62.5 Å². The third-order valence-electron chi connectivity index (χ3n) is 6.78. The molecule has 0 spiro atoms. The van der Waals surface area contributed by atoms with Gasteiger partial charge < -0.3 is 10.5 Å². The van der Waals surface area contributed by atoms with Crippen molar-refractivity contribution in [3.63, 3.8) is 0 Å². The number of aromatic nitrogens is 1. The van der Waals surface area contributed by atoms with Gasteiger partial charge in [0.25, 0.3) is 0 Å². The van der Waals surface area contributed by atoms with Crippen LogP contribution in [0.4, 0.5) is 5.69 Å². The van der Waals surface area contributed by atoms with Crippen LogP contribution in [0.5, 0.6) is 0 Å². The van der Waals surface area contributed by atoms with Crippen molar-refractivity contribution in [2.45, 2.75) is 32.1 Å². The summed E-state index contributed by atoms with van der Waals surface area (Å²) in [5, 5.41) is 4.03. The molecule has 33 heavy (non-hydrogen) atoms. The number of fused-ring (bicyclic) bond motifs is 2. The Hall–Kier alpha value is -2.99. The Morgan fingerprint density at radius 2 is 1.67 bits per heavy atom. The lowest BCUT2D eigenvalue weighted by atomic mass is 10.0. The summed E-state index contributed by atoms with van der Waals surface area (Å²) in [5.41, 5.74) is 10.1. The SMILES string of the molecule is CC1C(C=O)N(Cc2ccc3c(N)ccnc3c2)CCN1Cc1ccc2cc(Cl)ccc2c1. The van der Waals surface area contributed by atoms with Crippen molar-refractivity contribution in [1.82, 2.24) is 14.8 Å². The quantitative estimate of drug-likeness (QED) is 0.431. The van der Waals surface area contributed by atoms with E-state index in [2.05, 4.69) is 58.1 Å². The van der Waals surface area contributed by atoms with Gasteiger partial charge >= 0.3 is 0 Å². The van der Waals surface area contributed by atoms with Crippen molar-refractivity contribution in [1.29, 1.82) is 0 Å². The second kappa shape index (κ2) is 9.10. The van der Waals surface area contributed by atoms with E-state index in [1.807, 2.05) is 24.3 Å². The largest absolute Gasteiger partial charge is 0.398 e. The lowest BCUT2D eigenvalue weighted by Gasteiger charge is -2.44. The maximum atomic E-state index is 12.1. The second-order valence-corrected chi connectivity index (χ2v) is 9.32. The summed E-state index contributed by atoms with van der Waals surface area (Å²) in [4.78, 5) is 21.2. The smallest absolute Gasteiger partial charge is 0.138 e. The van der Waals surface area contributed by atoms with Crippen LogP contribution >= 0.6 is 11.6 Å². The average Bonchev–Trinajstić information content (AvgIpc) is 2.81. The molecule has 1 aliphatic heterocycles. The van der Waals surface area contributed by atoms with Crippen molar-refractivity contribution in [2.75, 3.05) is 18.8 Å². The zero-order valence-electron chi connectivity index (χ0n) is 18.6. The first-order valence-corrected chi connectivity index (χ1v) is 11.6. The molecule has 0 amide bonds. The molecule has 1 aromatic heterocycles. The van der Waals surface area contributed by atoms with Gasteiger partial charge in [-0.3, -0.25) is 14.8 Å². The number of nitrogens with zero attached hydrogens (tertiary/aromatic N) is 3. The summed E-state index contributed by atoms with van der Waals surface area (Å²) in [6, 6.07) is 20.4. The maximum Gasteiger partial charge on any atom is 0.138 e. The first-order valence-electron chi connectivity index (χ1n) is 11.3. The minimum Gasteiger partial charge on any atom is -0.398 e. The number of carbonyl (C=O) groups is 1. The minimum atomic E-state index is -0.164. The Morgan fingerprint density at radius 1 is 0.970 bits per heavy atom. The summed E-state index contributed by atoms with van der Waals surface area (Å²) >= 11 is 6.12. The fourth-order valence-electron chi connectivity index (χ4n) is 4.89. The van der Waals surface area contributed by atoms with E-state index in [0.29, 0.717) is 6.54 Å². The van der Waals surface area contributed by atoms with E-state index in [1.165, 1.54) is 10.9 Å². The number of hydrogen-bond donors (Lipinski definition) is 1. The van der Waals surface area contributed by atoms with Gasteiger partial charge in [-0.1, -0.05) is 41.9 Å². The molecule has 1 saturated heterocycles. The normalized spacial score (nSPS) is 19.8. The standard InChI is InChI=1S/C27H27ClN4O/c1-18-27(17-33)32(16-20-3-7-24-25(29)8-9-30-26(24)13-20)11-10-31(18)15-19-2-4-22-14-23(28)6-5-21(22)12-19/h2-9,12-14,17-18,27H,10-11,15-16H2,1H3,(H2,29,30). The van der Waals surface area contributed by atoms with E-state index in [0.717, 1.165) is 58.5 Å². The molecule has 2 N–H and O–H groups in total. The molecule has 0 radical (unpaired) electrons. The molecule has 5 rings (SSSR count). The zero-order chi connectivity index (χ0) is 22.9. The summed E-state index contributed by atoms with van der Waals surface area (Å²) in [6.07, 6.45) is 2.83. The number of aldehydes is 1. The number of halogens is 1. The molecule has 0 bridgehead atoms. The number of nitrogen functional groups attached to an aromatic ring is 1. The van der Waals surface area contributed by atoms with E-state index in [-0.39, 0.29) is 12.1 Å². The predicted molar refractivity (Wildman–Crippen MR) is 135 cm³/mol. The van der Waals surface area contributed by atoms with Crippen LogP contribution in [-0.4, -0.2) is 46.2 Å². The van der Waals surface area contributed by atoms with Crippen molar-refractivity contribution in [3.8, 4) is 0 Å². The molecule has 2 unspecified atom stereocenters. The molecule has 2 atom stereocenters. The van der Waals surface area contributed by atoms with Crippen molar-refractivity contribution < 1.29 is 4.79 Å². The van der Waals surface area contributed by atoms with Crippen LogP contribution in [0.1, 0.15) is 18.1 Å². The number of benzene rings is 3. The highest BCUT2D eigenvalue weighted by molar-refractivity contribution is 6.31. The average molecular weight is 459 g/mol. The zero-order valence-corrected chi connectivity index (χ0v) is 19.4. The Balaban J connectivity index is 1.31. The molecule has 4 aromatic rings. The van der Waals surface area contributed by atoms with Gasteiger partial charge in [0.1, 0.15) is 6.29 Å². The number of pyridine rings is 1. The molecule has 1 aliphatic rings. The van der Waals surface area contributed by atoms with E-state index < -0.39 is 0 Å². The van der Waals surface area contributed by atoms with Gasteiger partial charge in [0, 0.05) is 54.5 Å². The van der Waals surface area contributed by atoms with Crippen LogP contribution < -0.4 is 5.73 Å². The third-order valence-corrected chi connectivity index (χ3v) is 7.02. The van der Waals surface area contributed by atoms with Crippen LogP contribution in [0, 0.1) is 0 Å². The number of anilines is 1. The van der Waals surface area contributed by atoms with Gasteiger partial charge in [0.05, 0.1) is 11.6 Å². The fourth-order valence-corrected chi connectivity index (χ4v) is 5.07. The highest BCUT2D eigenvalue weighted by Gasteiger charge is 2.33. The molecule has 5 nitrogen and oxygen atoms in total. The Kier molecular flexibility index (Phi) is 6.02. The first-order chi connectivity index (χ1) is 16.0. The molecule has 0 aliphatic carbocycles. The lowest BCUT2D eigenvalue weighted by molar-refractivity contribution is -0.117. The van der Waals surface area contributed by atoms with Crippen LogP contribution in [0.3, 0.4) is 0 Å². The summed E-state index contributed by atoms with van der Waals surface area (Å²) in [7, 11) is 0. The van der Waals surface area contributed by atoms with Gasteiger partial charge in [-0.05, 0) is 59.2 Å². The first kappa shape index (κ1) is 21.8. The van der Waals surface area contributed by atoms with Gasteiger partial charge in [-0.2, -0.15) is 0 Å². The van der Waals surface area contributed by atoms with Crippen molar-refractivity contribution in [3.05, 3.63) is 83.0 Å². The molecule has 6 heteroatoms. The summed E-state index contributed by atoms with van der Waals surface area (Å²) in [5.74, 6) is 0. The van der Waals surface area contributed by atoms with Gasteiger partial charge in [-0.25, -0.2) is 0 Å². The van der Waals surface area contributed by atoms with Crippen molar-refractivity contribution >= 4 is 45.2 Å². The molecule has 0 saturated carbocycles. The number of carbonyl (C=O) groups excluding carboxylic acids is 1. The molecular formula is C27H27ClN4O. The lowest BCUT2D eigenvalue weighted by Crippen LogP contribution is -2.58. The van der Waals surface area contributed by atoms with Crippen LogP contribution in [-0.2, 0) is 17.9 Å². The fraction of sp³-hybridized carbons (Fsp3) is 0.259. The molecule has 2 heterocycles. The summed E-state index contributed by atoms with van der Waals surface area (Å²) in [6.45, 7) is 5.42. The predicted octanol–water partition coefficient (Wildman–Crippen LogP) is 4.90. The highest BCUT2D eigenvalue weighted by Crippen LogP contribution is 2.26. The van der Waals surface area contributed by atoms with Crippen molar-refractivity contribution in [2.24, 2.45) is 0 Å². The minimum absolute atomic E-state index is 0.117. The van der Waals surface area contributed by atoms with Crippen LogP contribution in [0.25, 0.3) is 21.7 Å². The van der Waals surface area contributed by atoms with Gasteiger partial charge in [-0.15, -0.1) is 0 Å². The Bertz CT molecular complexity index is 1320. The van der Waals surface area contributed by atoms with Crippen LogP contribution in [0.2, 0.25) is 5.02 Å². The van der Waals surface area contributed by atoms with Gasteiger partial charge in [0.15, 0.2) is 0 Å². The highest BCUT2D eigenvalue weighted by atomic mass is 35.5. The second-order valence-electron chi connectivity index (χ2n) is 8.89. The Labute approximate surface area is 198 Å². The van der Waals surface area contributed by atoms with E-state index >= 15 is 0 Å². The third kappa shape index (κ3) is 4.44. The Morgan fingerprint density at radius 3 is 2.52 bits per heavy atom. The molecule has 3 aromatic carbocycles. The maximum absolute atomic E-state index is 12.1. The molecular weight excluding hydrogens is 432 g/mol.